The van der Waals surface area contributed by atoms with Gasteiger partial charge in [0.1, 0.15) is 23.0 Å². The molecule has 0 spiro atoms. The highest BCUT2D eigenvalue weighted by Crippen LogP contribution is 2.27. The minimum absolute atomic E-state index is 0.0708. The van der Waals surface area contributed by atoms with Crippen LogP contribution in [0, 0.1) is 5.82 Å². The van der Waals surface area contributed by atoms with Gasteiger partial charge in [0, 0.05) is 22.3 Å². The van der Waals surface area contributed by atoms with Crippen LogP contribution in [0.3, 0.4) is 0 Å². The third-order valence-corrected chi connectivity index (χ3v) is 6.40. The summed E-state index contributed by atoms with van der Waals surface area (Å²) < 4.78 is 20.6. The smallest absolute Gasteiger partial charge is 0.268 e. The van der Waals surface area contributed by atoms with Crippen molar-refractivity contribution in [3.63, 3.8) is 0 Å². The van der Waals surface area contributed by atoms with Gasteiger partial charge in [-0.3, -0.25) is 9.59 Å². The van der Waals surface area contributed by atoms with Crippen LogP contribution in [-0.2, 0) is 11.3 Å². The predicted octanol–water partition coefficient (Wildman–Crippen LogP) is 6.67. The van der Waals surface area contributed by atoms with Crippen molar-refractivity contribution in [1.29, 1.82) is 0 Å². The maximum absolute atomic E-state index is 13.7. The minimum Gasteiger partial charge on any atom is -0.467 e. The third-order valence-electron chi connectivity index (χ3n) is 5.85. The van der Waals surface area contributed by atoms with E-state index in [1.54, 1.807) is 35.1 Å². The maximum atomic E-state index is 13.7. The molecule has 0 radical (unpaired) electrons. The molecule has 0 saturated heterocycles. The molecule has 0 unspecified atom stereocenters. The predicted molar refractivity (Wildman–Crippen MR) is 151 cm³/mol. The molecule has 2 heterocycles. The van der Waals surface area contributed by atoms with Crippen molar-refractivity contribution < 1.29 is 18.4 Å². The van der Waals surface area contributed by atoms with Crippen molar-refractivity contribution in [1.82, 2.24) is 20.4 Å². The molecule has 0 atom stereocenters. The van der Waals surface area contributed by atoms with Gasteiger partial charge < -0.3 is 15.1 Å². The molecule has 7 nitrogen and oxygen atoms in total. The van der Waals surface area contributed by atoms with Crippen molar-refractivity contribution in [3.8, 4) is 16.9 Å². The monoisotopic (exact) mass is 574 g/mol. The van der Waals surface area contributed by atoms with Gasteiger partial charge in [0.05, 0.1) is 29.1 Å². The van der Waals surface area contributed by atoms with Gasteiger partial charge in [-0.25, -0.2) is 9.07 Å². The Bertz CT molecular complexity index is 1680. The molecule has 2 aromatic heterocycles. The van der Waals surface area contributed by atoms with Crippen LogP contribution in [0.4, 0.5) is 4.39 Å². The van der Waals surface area contributed by atoms with Crippen LogP contribution in [0.1, 0.15) is 21.7 Å². The fraction of sp³-hybridized carbons (Fsp3) is 0.0333. The van der Waals surface area contributed by atoms with E-state index < -0.39 is 17.6 Å². The normalized spacial score (nSPS) is 11.3. The summed E-state index contributed by atoms with van der Waals surface area (Å²) in [6, 6.07) is 23.0. The van der Waals surface area contributed by atoms with E-state index in [0.717, 1.165) is 5.69 Å². The lowest BCUT2D eigenvalue weighted by Crippen LogP contribution is -2.34. The van der Waals surface area contributed by atoms with Crippen LogP contribution >= 0.6 is 23.2 Å². The molecular weight excluding hydrogens is 554 g/mol. The second-order valence-corrected chi connectivity index (χ2v) is 9.46. The average Bonchev–Trinajstić information content (AvgIpc) is 3.63. The van der Waals surface area contributed by atoms with Crippen LogP contribution in [0.5, 0.6) is 0 Å². The molecule has 0 bridgehead atoms. The zero-order valence-electron chi connectivity index (χ0n) is 20.8. The topological polar surface area (TPSA) is 89.2 Å². The highest BCUT2D eigenvalue weighted by atomic mass is 35.5. The largest absolute Gasteiger partial charge is 0.467 e. The van der Waals surface area contributed by atoms with E-state index in [-0.39, 0.29) is 22.8 Å². The van der Waals surface area contributed by atoms with Crippen LogP contribution in [-0.4, -0.2) is 21.6 Å². The molecule has 0 saturated carbocycles. The number of nitrogens with zero attached hydrogens (tertiary/aromatic N) is 2. The van der Waals surface area contributed by atoms with Crippen molar-refractivity contribution in [2.24, 2.45) is 0 Å². The van der Waals surface area contributed by atoms with Gasteiger partial charge in [-0.1, -0.05) is 41.4 Å². The maximum Gasteiger partial charge on any atom is 0.268 e. The number of aromatic nitrogens is 2. The first-order valence-electron chi connectivity index (χ1n) is 12.1. The van der Waals surface area contributed by atoms with Crippen molar-refractivity contribution >= 4 is 41.1 Å². The first-order valence-corrected chi connectivity index (χ1v) is 12.8. The fourth-order valence-electron chi connectivity index (χ4n) is 3.89. The molecule has 0 aliphatic heterocycles. The molecular formula is C30H21Cl2FN4O3. The van der Waals surface area contributed by atoms with Gasteiger partial charge in [0.25, 0.3) is 11.8 Å². The van der Waals surface area contributed by atoms with E-state index in [2.05, 4.69) is 10.6 Å². The molecule has 0 aliphatic rings. The summed E-state index contributed by atoms with van der Waals surface area (Å²) in [7, 11) is 0. The van der Waals surface area contributed by atoms with Crippen LogP contribution in [0.2, 0.25) is 10.0 Å². The van der Waals surface area contributed by atoms with Crippen molar-refractivity contribution in [2.75, 3.05) is 0 Å². The molecule has 10 heteroatoms. The standard InChI is InChI=1S/C30H21Cl2FN4O3/c31-21-10-13-25(26(32)16-21)29(38)35-27(30(39)34-17-24-7-4-14-40-24)15-20-18-37(23-5-2-1-3-6-23)36-28(20)19-8-11-22(33)12-9-19/h1-16,18H,17H2,(H,34,39)(H,35,38)/b27-15-. The summed E-state index contributed by atoms with van der Waals surface area (Å²) in [6.45, 7) is 0.0921. The molecule has 0 aliphatic carbocycles. The summed E-state index contributed by atoms with van der Waals surface area (Å²) in [5.41, 5.74) is 2.42. The summed E-state index contributed by atoms with van der Waals surface area (Å²) in [5, 5.41) is 10.6. The molecule has 5 aromatic rings. The number of hydrogen-bond acceptors (Lipinski definition) is 4. The summed E-state index contributed by atoms with van der Waals surface area (Å²) in [6.07, 6.45) is 4.72. The van der Waals surface area contributed by atoms with E-state index in [1.807, 2.05) is 30.3 Å². The molecule has 2 amide bonds. The third kappa shape index (κ3) is 6.31. The van der Waals surface area contributed by atoms with E-state index >= 15 is 0 Å². The molecule has 5 rings (SSSR count). The summed E-state index contributed by atoms with van der Waals surface area (Å²) in [5.74, 6) is -1.05. The van der Waals surface area contributed by atoms with Gasteiger partial charge in [-0.15, -0.1) is 0 Å². The van der Waals surface area contributed by atoms with Gasteiger partial charge >= 0.3 is 0 Å². The van der Waals surface area contributed by atoms with Crippen LogP contribution in [0.15, 0.2) is 108 Å². The highest BCUT2D eigenvalue weighted by Gasteiger charge is 2.20. The number of hydrogen-bond donors (Lipinski definition) is 2. The Balaban J connectivity index is 1.56. The number of nitrogens with one attached hydrogen (secondary N) is 2. The average molecular weight is 575 g/mol. The second kappa shape index (κ2) is 12.0. The Morgan fingerprint density at radius 3 is 2.45 bits per heavy atom. The number of para-hydroxylation sites is 1. The van der Waals surface area contributed by atoms with E-state index in [4.69, 9.17) is 32.7 Å². The van der Waals surface area contributed by atoms with Gasteiger partial charge in [-0.05, 0) is 72.8 Å². The Hall–Kier alpha value is -4.66. The quantitative estimate of drug-likeness (QED) is 0.203. The number of furan rings is 1. The first kappa shape index (κ1) is 26.9. The van der Waals surface area contributed by atoms with E-state index in [0.29, 0.717) is 27.6 Å². The molecule has 3 aromatic carbocycles. The summed E-state index contributed by atoms with van der Waals surface area (Å²) >= 11 is 12.2. The minimum atomic E-state index is -0.611. The van der Waals surface area contributed by atoms with Crippen molar-refractivity contribution in [3.05, 3.63) is 136 Å². The lowest BCUT2D eigenvalue weighted by molar-refractivity contribution is -0.118. The van der Waals surface area contributed by atoms with Gasteiger partial charge in [0.2, 0.25) is 0 Å². The zero-order chi connectivity index (χ0) is 28.1. The zero-order valence-corrected chi connectivity index (χ0v) is 22.3. The van der Waals surface area contributed by atoms with Crippen molar-refractivity contribution in [2.45, 2.75) is 6.54 Å². The molecule has 2 N–H and O–H groups in total. The van der Waals surface area contributed by atoms with Gasteiger partial charge in [0.15, 0.2) is 0 Å². The lowest BCUT2D eigenvalue weighted by atomic mass is 10.1. The van der Waals surface area contributed by atoms with Crippen LogP contribution in [0.25, 0.3) is 23.0 Å². The first-order chi connectivity index (χ1) is 19.4. The number of benzene rings is 3. The Kier molecular flexibility index (Phi) is 8.10. The molecule has 200 valence electrons. The number of halogens is 3. The second-order valence-electron chi connectivity index (χ2n) is 8.62. The van der Waals surface area contributed by atoms with Crippen LogP contribution < -0.4 is 10.6 Å². The molecule has 40 heavy (non-hydrogen) atoms. The Labute approximate surface area is 238 Å². The number of carbonyl (C=O) groups excluding carboxylic acids is 2. The number of amides is 2. The summed E-state index contributed by atoms with van der Waals surface area (Å²) in [4.78, 5) is 26.5. The number of carbonyl (C=O) groups is 2. The number of rotatable bonds is 8. The highest BCUT2D eigenvalue weighted by molar-refractivity contribution is 6.36. The molecule has 0 fully saturated rings. The Morgan fingerprint density at radius 2 is 1.75 bits per heavy atom. The SMILES string of the molecule is O=C(NCc1ccco1)/C(=C/c1cn(-c2ccccc2)nc1-c1ccc(F)cc1)NC(=O)c1ccc(Cl)cc1Cl. The fourth-order valence-corrected chi connectivity index (χ4v) is 4.39. The van der Waals surface area contributed by atoms with Gasteiger partial charge in [-0.2, -0.15) is 5.10 Å². The van der Waals surface area contributed by atoms with E-state index in [1.165, 1.54) is 42.7 Å². The lowest BCUT2D eigenvalue weighted by Gasteiger charge is -2.12. The van der Waals surface area contributed by atoms with E-state index in [9.17, 15) is 14.0 Å². The Morgan fingerprint density at radius 1 is 0.975 bits per heavy atom.